The number of urea groups is 1. The second kappa shape index (κ2) is 10.6. The van der Waals surface area contributed by atoms with Crippen LogP contribution in [0.4, 0.5) is 4.79 Å². The molecule has 2 saturated heterocycles. The van der Waals surface area contributed by atoms with E-state index in [9.17, 15) is 4.79 Å². The Hall–Kier alpha value is -1.63. The number of nitrogens with one attached hydrogen (secondary N) is 2. The summed E-state index contributed by atoms with van der Waals surface area (Å²) in [6.07, 6.45) is 2.67. The third-order valence-corrected chi connectivity index (χ3v) is 5.44. The van der Waals surface area contributed by atoms with E-state index >= 15 is 0 Å². The van der Waals surface area contributed by atoms with Gasteiger partial charge in [-0.3, -0.25) is 9.80 Å². The van der Waals surface area contributed by atoms with Crippen LogP contribution in [0.25, 0.3) is 0 Å². The van der Waals surface area contributed by atoms with Crippen LogP contribution in [0.2, 0.25) is 0 Å². The quantitative estimate of drug-likeness (QED) is 0.767. The average molecular weight is 375 g/mol. The summed E-state index contributed by atoms with van der Waals surface area (Å²) in [6.45, 7) is 11.4. The van der Waals surface area contributed by atoms with E-state index in [0.29, 0.717) is 13.1 Å². The van der Waals surface area contributed by atoms with Crippen LogP contribution in [-0.4, -0.2) is 68.3 Å². The van der Waals surface area contributed by atoms with Crippen molar-refractivity contribution in [2.75, 3.05) is 52.5 Å². The van der Waals surface area contributed by atoms with E-state index in [2.05, 4.69) is 51.6 Å². The number of likely N-dealkylation sites (tertiary alicyclic amines) is 1. The highest BCUT2D eigenvalue weighted by Crippen LogP contribution is 2.18. The Bertz CT molecular complexity index is 572. The van der Waals surface area contributed by atoms with Crippen LogP contribution in [-0.2, 0) is 17.8 Å². The fourth-order valence-electron chi connectivity index (χ4n) is 3.85. The first-order valence-corrected chi connectivity index (χ1v) is 10.3. The molecule has 0 aromatic heterocycles. The highest BCUT2D eigenvalue weighted by Gasteiger charge is 2.16. The van der Waals surface area contributed by atoms with Gasteiger partial charge in [0.1, 0.15) is 0 Å². The highest BCUT2D eigenvalue weighted by atomic mass is 16.5. The van der Waals surface area contributed by atoms with Gasteiger partial charge in [-0.15, -0.1) is 0 Å². The van der Waals surface area contributed by atoms with Gasteiger partial charge in [-0.1, -0.05) is 31.2 Å². The number of piperidine rings is 1. The summed E-state index contributed by atoms with van der Waals surface area (Å²) >= 11 is 0. The van der Waals surface area contributed by atoms with Gasteiger partial charge >= 0.3 is 6.03 Å². The van der Waals surface area contributed by atoms with Crippen LogP contribution in [0.5, 0.6) is 0 Å². The molecule has 2 heterocycles. The first kappa shape index (κ1) is 20.1. The summed E-state index contributed by atoms with van der Waals surface area (Å²) in [5.41, 5.74) is 2.48. The van der Waals surface area contributed by atoms with Crippen molar-refractivity contribution in [3.63, 3.8) is 0 Å². The Labute approximate surface area is 163 Å². The van der Waals surface area contributed by atoms with E-state index in [1.54, 1.807) is 0 Å². The number of hydrogen-bond donors (Lipinski definition) is 2. The van der Waals surface area contributed by atoms with Crippen molar-refractivity contribution in [3.8, 4) is 0 Å². The lowest BCUT2D eigenvalue weighted by Crippen LogP contribution is -2.43. The van der Waals surface area contributed by atoms with E-state index in [1.165, 1.54) is 31.5 Å². The van der Waals surface area contributed by atoms with Crippen molar-refractivity contribution in [1.29, 1.82) is 0 Å². The maximum atomic E-state index is 11.9. The van der Waals surface area contributed by atoms with Crippen LogP contribution in [0.15, 0.2) is 24.3 Å². The van der Waals surface area contributed by atoms with Crippen LogP contribution < -0.4 is 10.6 Å². The van der Waals surface area contributed by atoms with E-state index < -0.39 is 0 Å². The smallest absolute Gasteiger partial charge is 0.315 e. The van der Waals surface area contributed by atoms with Crippen LogP contribution in [0, 0.1) is 5.92 Å². The normalized spacial score (nSPS) is 21.7. The van der Waals surface area contributed by atoms with Gasteiger partial charge in [0.25, 0.3) is 0 Å². The molecule has 6 nitrogen and oxygen atoms in total. The van der Waals surface area contributed by atoms with Crippen molar-refractivity contribution < 1.29 is 9.53 Å². The number of benzene rings is 1. The lowest BCUT2D eigenvalue weighted by atomic mass is 9.99. The van der Waals surface area contributed by atoms with Crippen molar-refractivity contribution in [3.05, 3.63) is 35.4 Å². The molecule has 2 N–H and O–H groups in total. The van der Waals surface area contributed by atoms with Crippen LogP contribution in [0.1, 0.15) is 30.9 Å². The molecule has 0 radical (unpaired) electrons. The molecule has 1 unspecified atom stereocenters. The molecular formula is C21H34N4O2. The summed E-state index contributed by atoms with van der Waals surface area (Å²) < 4.78 is 5.33. The van der Waals surface area contributed by atoms with E-state index in [-0.39, 0.29) is 6.03 Å². The zero-order valence-corrected chi connectivity index (χ0v) is 16.6. The van der Waals surface area contributed by atoms with Gasteiger partial charge in [0.05, 0.1) is 13.2 Å². The number of hydrogen-bond acceptors (Lipinski definition) is 4. The molecule has 0 spiro atoms. The van der Waals surface area contributed by atoms with Crippen LogP contribution in [0.3, 0.4) is 0 Å². The molecular weight excluding hydrogens is 340 g/mol. The predicted octanol–water partition coefficient (Wildman–Crippen LogP) is 2.05. The van der Waals surface area contributed by atoms with Gasteiger partial charge in [0.15, 0.2) is 0 Å². The lowest BCUT2D eigenvalue weighted by molar-refractivity contribution is 0.0387. The Morgan fingerprint density at radius 3 is 2.56 bits per heavy atom. The molecule has 0 bridgehead atoms. The minimum absolute atomic E-state index is 0.102. The largest absolute Gasteiger partial charge is 0.379 e. The molecule has 27 heavy (non-hydrogen) atoms. The number of rotatable bonds is 7. The fraction of sp³-hybridized carbons (Fsp3) is 0.667. The third kappa shape index (κ3) is 7.13. The Morgan fingerprint density at radius 2 is 1.81 bits per heavy atom. The van der Waals surface area contributed by atoms with Gasteiger partial charge in [0.2, 0.25) is 0 Å². The second-order valence-electron chi connectivity index (χ2n) is 7.86. The van der Waals surface area contributed by atoms with Gasteiger partial charge < -0.3 is 15.4 Å². The van der Waals surface area contributed by atoms with Crippen molar-refractivity contribution in [2.24, 2.45) is 5.92 Å². The van der Waals surface area contributed by atoms with Crippen molar-refractivity contribution in [1.82, 2.24) is 20.4 Å². The summed E-state index contributed by atoms with van der Waals surface area (Å²) in [4.78, 5) is 16.8. The third-order valence-electron chi connectivity index (χ3n) is 5.44. The molecule has 1 atom stereocenters. The number of carbonyl (C=O) groups excluding carboxylic acids is 1. The maximum absolute atomic E-state index is 11.9. The Kier molecular flexibility index (Phi) is 7.93. The molecule has 2 aliphatic heterocycles. The van der Waals surface area contributed by atoms with Crippen molar-refractivity contribution >= 4 is 6.03 Å². The number of nitrogens with zero attached hydrogens (tertiary/aromatic N) is 2. The summed E-state index contributed by atoms with van der Waals surface area (Å²) in [7, 11) is 0. The SMILES string of the molecule is CC1CCCN(Cc2ccc(CNC(=O)NCCN3CCOCC3)cc2)C1. The molecule has 2 aliphatic rings. The number of ether oxygens (including phenoxy) is 1. The topological polar surface area (TPSA) is 56.8 Å². The number of amides is 2. The van der Waals surface area contributed by atoms with Gasteiger partial charge in [-0.2, -0.15) is 0 Å². The monoisotopic (exact) mass is 374 g/mol. The molecule has 6 heteroatoms. The number of carbonyl (C=O) groups is 1. The molecule has 0 saturated carbocycles. The zero-order chi connectivity index (χ0) is 18.9. The fourth-order valence-corrected chi connectivity index (χ4v) is 3.85. The zero-order valence-electron chi connectivity index (χ0n) is 16.6. The first-order valence-electron chi connectivity index (χ1n) is 10.3. The summed E-state index contributed by atoms with van der Waals surface area (Å²) in [5.74, 6) is 0.809. The second-order valence-corrected chi connectivity index (χ2v) is 7.86. The molecule has 1 aromatic carbocycles. The number of morpholine rings is 1. The molecule has 2 fully saturated rings. The Morgan fingerprint density at radius 1 is 1.07 bits per heavy atom. The first-order chi connectivity index (χ1) is 13.2. The van der Waals surface area contributed by atoms with Gasteiger partial charge in [0, 0.05) is 45.8 Å². The summed E-state index contributed by atoms with van der Waals surface area (Å²) in [6, 6.07) is 8.52. The van der Waals surface area contributed by atoms with E-state index in [4.69, 9.17) is 4.74 Å². The van der Waals surface area contributed by atoms with Gasteiger partial charge in [-0.05, 0) is 36.4 Å². The maximum Gasteiger partial charge on any atom is 0.315 e. The molecule has 2 amide bonds. The minimum atomic E-state index is -0.102. The molecule has 150 valence electrons. The highest BCUT2D eigenvalue weighted by molar-refractivity contribution is 5.73. The lowest BCUT2D eigenvalue weighted by Gasteiger charge is -2.30. The average Bonchev–Trinajstić information content (AvgIpc) is 2.68. The van der Waals surface area contributed by atoms with Crippen molar-refractivity contribution in [2.45, 2.75) is 32.9 Å². The Balaban J connectivity index is 1.32. The predicted molar refractivity (Wildman–Crippen MR) is 108 cm³/mol. The molecule has 1 aromatic rings. The summed E-state index contributed by atoms with van der Waals surface area (Å²) in [5, 5.41) is 5.87. The van der Waals surface area contributed by atoms with Crippen LogP contribution >= 0.6 is 0 Å². The van der Waals surface area contributed by atoms with Gasteiger partial charge in [-0.25, -0.2) is 4.79 Å². The molecule has 0 aliphatic carbocycles. The standard InChI is InChI=1S/C21H34N4O2/c1-18-3-2-9-25(16-18)17-20-6-4-19(5-7-20)15-23-21(26)22-8-10-24-11-13-27-14-12-24/h4-7,18H,2-3,8-17H2,1H3,(H2,22,23,26). The van der Waals surface area contributed by atoms with E-state index in [1.807, 2.05) is 0 Å². The van der Waals surface area contributed by atoms with E-state index in [0.717, 1.165) is 50.9 Å². The minimum Gasteiger partial charge on any atom is -0.379 e. The molecule has 3 rings (SSSR count).